The highest BCUT2D eigenvalue weighted by molar-refractivity contribution is 5.98. The molecule has 0 spiro atoms. The van der Waals surface area contributed by atoms with Crippen molar-refractivity contribution < 1.29 is 9.59 Å². The average Bonchev–Trinajstić information content (AvgIpc) is 2.46. The molecule has 1 aromatic carbocycles. The fourth-order valence-electron chi connectivity index (χ4n) is 2.48. The van der Waals surface area contributed by atoms with Gasteiger partial charge in [-0.3, -0.25) is 9.59 Å². The van der Waals surface area contributed by atoms with Crippen LogP contribution in [0.1, 0.15) is 44.0 Å². The van der Waals surface area contributed by atoms with Gasteiger partial charge in [-0.25, -0.2) is 0 Å². The molecule has 1 heterocycles. The zero-order valence-corrected chi connectivity index (χ0v) is 13.5. The molecule has 1 saturated heterocycles. The highest BCUT2D eigenvalue weighted by atomic mass is 16.2. The van der Waals surface area contributed by atoms with E-state index in [2.05, 4.69) is 16.0 Å². The Morgan fingerprint density at radius 3 is 2.50 bits per heavy atom. The predicted molar refractivity (Wildman–Crippen MR) is 87.9 cm³/mol. The molecule has 2 amide bonds. The largest absolute Gasteiger partial charge is 0.347 e. The monoisotopic (exact) mass is 303 g/mol. The first-order valence-corrected chi connectivity index (χ1v) is 7.79. The van der Waals surface area contributed by atoms with Gasteiger partial charge in [-0.05, 0) is 64.9 Å². The Bertz CT molecular complexity index is 543. The third-order valence-corrected chi connectivity index (χ3v) is 3.59. The van der Waals surface area contributed by atoms with E-state index in [4.69, 9.17) is 0 Å². The summed E-state index contributed by atoms with van der Waals surface area (Å²) in [6, 6.07) is 7.07. The lowest BCUT2D eigenvalue weighted by Gasteiger charge is -2.22. The van der Waals surface area contributed by atoms with E-state index in [1.807, 2.05) is 26.8 Å². The first kappa shape index (κ1) is 16.5. The standard InChI is InChI=1S/C17H25N3O2/c1-17(2,3)20-16(22)13-5-4-6-14(11-13)19-15(21)12-7-9-18-10-8-12/h4-6,11-12,18H,7-10H2,1-3H3,(H,19,21)(H,20,22). The molecule has 1 aliphatic rings. The van der Waals surface area contributed by atoms with Gasteiger partial charge in [-0.2, -0.15) is 0 Å². The Balaban J connectivity index is 2.01. The van der Waals surface area contributed by atoms with Crippen molar-refractivity contribution in [3.63, 3.8) is 0 Å². The van der Waals surface area contributed by atoms with Gasteiger partial charge in [0.1, 0.15) is 0 Å². The van der Waals surface area contributed by atoms with Gasteiger partial charge in [0.15, 0.2) is 0 Å². The number of benzene rings is 1. The smallest absolute Gasteiger partial charge is 0.251 e. The minimum atomic E-state index is -0.286. The number of piperidine rings is 1. The molecule has 1 fully saturated rings. The first-order valence-electron chi connectivity index (χ1n) is 7.79. The van der Waals surface area contributed by atoms with Crippen molar-refractivity contribution in [2.24, 2.45) is 5.92 Å². The second-order valence-corrected chi connectivity index (χ2v) is 6.80. The number of carbonyl (C=O) groups excluding carboxylic acids is 2. The van der Waals surface area contributed by atoms with Gasteiger partial charge >= 0.3 is 0 Å². The fourth-order valence-corrected chi connectivity index (χ4v) is 2.48. The van der Waals surface area contributed by atoms with Gasteiger partial charge in [0.2, 0.25) is 5.91 Å². The molecule has 5 heteroatoms. The predicted octanol–water partition coefficient (Wildman–Crippen LogP) is 2.15. The SMILES string of the molecule is CC(C)(C)NC(=O)c1cccc(NC(=O)C2CCNCC2)c1. The van der Waals surface area contributed by atoms with Gasteiger partial charge in [-0.1, -0.05) is 6.07 Å². The minimum Gasteiger partial charge on any atom is -0.347 e. The number of nitrogens with one attached hydrogen (secondary N) is 3. The Kier molecular flexibility index (Phi) is 5.19. The van der Waals surface area contributed by atoms with E-state index in [1.54, 1.807) is 18.2 Å². The number of carbonyl (C=O) groups is 2. The quantitative estimate of drug-likeness (QED) is 0.801. The molecule has 0 atom stereocenters. The van der Waals surface area contributed by atoms with Crippen LogP contribution in [0.5, 0.6) is 0 Å². The molecule has 2 rings (SSSR count). The van der Waals surface area contributed by atoms with E-state index < -0.39 is 0 Å². The molecule has 0 unspecified atom stereocenters. The van der Waals surface area contributed by atoms with E-state index in [0.717, 1.165) is 25.9 Å². The summed E-state index contributed by atoms with van der Waals surface area (Å²) >= 11 is 0. The van der Waals surface area contributed by atoms with Crippen molar-refractivity contribution in [2.45, 2.75) is 39.2 Å². The summed E-state index contributed by atoms with van der Waals surface area (Å²) in [5.74, 6) is -0.0475. The Morgan fingerprint density at radius 1 is 1.18 bits per heavy atom. The van der Waals surface area contributed by atoms with Crippen LogP contribution in [0.25, 0.3) is 0 Å². The molecule has 3 N–H and O–H groups in total. The van der Waals surface area contributed by atoms with Gasteiger partial charge in [0, 0.05) is 22.7 Å². The van der Waals surface area contributed by atoms with Crippen molar-refractivity contribution in [2.75, 3.05) is 18.4 Å². The van der Waals surface area contributed by atoms with Gasteiger partial charge in [0.25, 0.3) is 5.91 Å². The molecular formula is C17H25N3O2. The second kappa shape index (κ2) is 6.92. The fraction of sp³-hybridized carbons (Fsp3) is 0.529. The molecule has 1 aromatic rings. The maximum Gasteiger partial charge on any atom is 0.251 e. The molecule has 0 radical (unpaired) electrons. The third-order valence-electron chi connectivity index (χ3n) is 3.59. The summed E-state index contributed by atoms with van der Waals surface area (Å²) in [5.41, 5.74) is 0.939. The van der Waals surface area contributed by atoms with Gasteiger partial charge < -0.3 is 16.0 Å². The van der Waals surface area contributed by atoms with Crippen LogP contribution in [-0.2, 0) is 4.79 Å². The van der Waals surface area contributed by atoms with Crippen LogP contribution in [-0.4, -0.2) is 30.4 Å². The Labute approximate surface area is 131 Å². The molecule has 1 aliphatic heterocycles. The van der Waals surface area contributed by atoms with E-state index in [1.165, 1.54) is 0 Å². The summed E-state index contributed by atoms with van der Waals surface area (Å²) in [5, 5.41) is 9.09. The Morgan fingerprint density at radius 2 is 1.86 bits per heavy atom. The summed E-state index contributed by atoms with van der Waals surface area (Å²) in [6.07, 6.45) is 1.71. The molecular weight excluding hydrogens is 278 g/mol. The molecule has 0 bridgehead atoms. The van der Waals surface area contributed by atoms with Crippen LogP contribution in [0.3, 0.4) is 0 Å². The second-order valence-electron chi connectivity index (χ2n) is 6.80. The van der Waals surface area contributed by atoms with Crippen LogP contribution in [0.2, 0.25) is 0 Å². The maximum atomic E-state index is 12.2. The van der Waals surface area contributed by atoms with E-state index >= 15 is 0 Å². The summed E-state index contributed by atoms with van der Waals surface area (Å²) in [7, 11) is 0. The number of hydrogen-bond donors (Lipinski definition) is 3. The first-order chi connectivity index (χ1) is 10.3. The molecule has 0 saturated carbocycles. The van der Waals surface area contributed by atoms with Crippen LogP contribution < -0.4 is 16.0 Å². The van der Waals surface area contributed by atoms with Crippen molar-refractivity contribution in [3.05, 3.63) is 29.8 Å². The number of amides is 2. The molecule has 22 heavy (non-hydrogen) atoms. The summed E-state index contributed by atoms with van der Waals surface area (Å²) < 4.78 is 0. The maximum absolute atomic E-state index is 12.2. The topological polar surface area (TPSA) is 70.2 Å². The van der Waals surface area contributed by atoms with E-state index in [-0.39, 0.29) is 23.3 Å². The summed E-state index contributed by atoms with van der Waals surface area (Å²) in [6.45, 7) is 7.58. The highest BCUT2D eigenvalue weighted by Crippen LogP contribution is 2.17. The van der Waals surface area contributed by atoms with Crippen LogP contribution in [0.15, 0.2) is 24.3 Å². The van der Waals surface area contributed by atoms with Gasteiger partial charge in [-0.15, -0.1) is 0 Å². The van der Waals surface area contributed by atoms with E-state index in [0.29, 0.717) is 11.3 Å². The van der Waals surface area contributed by atoms with Crippen LogP contribution in [0, 0.1) is 5.92 Å². The Hall–Kier alpha value is -1.88. The van der Waals surface area contributed by atoms with Crippen molar-refractivity contribution in [1.29, 1.82) is 0 Å². The summed E-state index contributed by atoms with van der Waals surface area (Å²) in [4.78, 5) is 24.4. The van der Waals surface area contributed by atoms with Crippen LogP contribution >= 0.6 is 0 Å². The number of hydrogen-bond acceptors (Lipinski definition) is 3. The molecule has 0 aliphatic carbocycles. The van der Waals surface area contributed by atoms with Crippen LogP contribution in [0.4, 0.5) is 5.69 Å². The zero-order chi connectivity index (χ0) is 16.2. The van der Waals surface area contributed by atoms with Crippen molar-refractivity contribution in [1.82, 2.24) is 10.6 Å². The molecule has 120 valence electrons. The lowest BCUT2D eigenvalue weighted by atomic mass is 9.97. The average molecular weight is 303 g/mol. The van der Waals surface area contributed by atoms with E-state index in [9.17, 15) is 9.59 Å². The van der Waals surface area contributed by atoms with Crippen molar-refractivity contribution in [3.8, 4) is 0 Å². The molecule has 0 aromatic heterocycles. The lowest BCUT2D eigenvalue weighted by molar-refractivity contribution is -0.120. The number of rotatable bonds is 3. The minimum absolute atomic E-state index is 0.0369. The highest BCUT2D eigenvalue weighted by Gasteiger charge is 2.21. The molecule has 5 nitrogen and oxygen atoms in total. The normalized spacial score (nSPS) is 16.1. The zero-order valence-electron chi connectivity index (χ0n) is 13.5. The van der Waals surface area contributed by atoms with Gasteiger partial charge in [0.05, 0.1) is 0 Å². The third kappa shape index (κ3) is 4.84. The lowest BCUT2D eigenvalue weighted by Crippen LogP contribution is -2.40. The number of anilines is 1. The van der Waals surface area contributed by atoms with Crippen molar-refractivity contribution >= 4 is 17.5 Å².